The molecule has 1 fully saturated rings. The van der Waals surface area contributed by atoms with Crippen LogP contribution in [0.15, 0.2) is 18.2 Å². The Kier molecular flexibility index (Phi) is 6.34. The Labute approximate surface area is 137 Å². The average Bonchev–Trinajstić information content (AvgIpc) is 2.55. The summed E-state index contributed by atoms with van der Waals surface area (Å²) in [5, 5.41) is 0. The van der Waals surface area contributed by atoms with Crippen LogP contribution in [-0.2, 0) is 21.5 Å². The summed E-state index contributed by atoms with van der Waals surface area (Å²) in [5.41, 5.74) is 1.12. The van der Waals surface area contributed by atoms with E-state index in [1.54, 1.807) is 26.0 Å². The number of halogens is 1. The fourth-order valence-corrected chi connectivity index (χ4v) is 3.76. The van der Waals surface area contributed by atoms with Crippen molar-refractivity contribution in [3.8, 4) is 0 Å². The molecule has 0 aliphatic carbocycles. The number of morpholine rings is 1. The third kappa shape index (κ3) is 4.63. The minimum Gasteiger partial charge on any atom is -0.378 e. The lowest BCUT2D eigenvalue weighted by atomic mass is 10.2. The van der Waals surface area contributed by atoms with Crippen LogP contribution in [0.4, 0.5) is 10.1 Å². The largest absolute Gasteiger partial charge is 0.378 e. The third-order valence-electron chi connectivity index (χ3n) is 3.87. The van der Waals surface area contributed by atoms with Crippen LogP contribution in [0.1, 0.15) is 19.4 Å². The van der Waals surface area contributed by atoms with Gasteiger partial charge in [0.05, 0.1) is 18.9 Å². The lowest BCUT2D eigenvalue weighted by molar-refractivity contribution is 0.122. The van der Waals surface area contributed by atoms with Gasteiger partial charge in [0.2, 0.25) is 0 Å². The summed E-state index contributed by atoms with van der Waals surface area (Å²) in [4.78, 5) is 1.93. The smallest absolute Gasteiger partial charge is 0.279 e. The molecule has 23 heavy (non-hydrogen) atoms. The van der Waals surface area contributed by atoms with E-state index in [1.807, 2.05) is 4.90 Å². The van der Waals surface area contributed by atoms with Gasteiger partial charge in [-0.2, -0.15) is 17.4 Å². The quantitative estimate of drug-likeness (QED) is 0.810. The van der Waals surface area contributed by atoms with Crippen molar-refractivity contribution in [1.29, 1.82) is 0 Å². The van der Waals surface area contributed by atoms with Crippen LogP contribution in [0, 0.1) is 5.82 Å². The molecule has 0 saturated carbocycles. The van der Waals surface area contributed by atoms with Gasteiger partial charge in [0.1, 0.15) is 5.82 Å². The Bertz CT molecular complexity index is 614. The van der Waals surface area contributed by atoms with Crippen LogP contribution in [0.2, 0.25) is 0 Å². The van der Waals surface area contributed by atoms with E-state index in [-0.39, 0.29) is 12.4 Å². The average molecular weight is 345 g/mol. The lowest BCUT2D eigenvalue weighted by Crippen LogP contribution is -2.40. The van der Waals surface area contributed by atoms with Crippen LogP contribution in [0.3, 0.4) is 0 Å². The zero-order valence-electron chi connectivity index (χ0n) is 13.6. The maximum atomic E-state index is 14.3. The molecular formula is C15H24FN3O3S. The lowest BCUT2D eigenvalue weighted by Gasteiger charge is -2.29. The van der Waals surface area contributed by atoms with E-state index in [2.05, 4.69) is 4.72 Å². The molecule has 0 amide bonds. The monoisotopic (exact) mass is 345 g/mol. The van der Waals surface area contributed by atoms with E-state index < -0.39 is 10.2 Å². The Morgan fingerprint density at radius 2 is 1.91 bits per heavy atom. The molecular weight excluding hydrogens is 321 g/mol. The molecule has 1 N–H and O–H groups in total. The molecule has 1 aliphatic rings. The third-order valence-corrected chi connectivity index (χ3v) is 5.57. The molecule has 1 aliphatic heterocycles. The van der Waals surface area contributed by atoms with Gasteiger partial charge in [-0.05, 0) is 17.7 Å². The molecule has 6 nitrogen and oxygen atoms in total. The molecule has 0 atom stereocenters. The van der Waals surface area contributed by atoms with Crippen molar-refractivity contribution in [3.05, 3.63) is 29.6 Å². The first-order chi connectivity index (χ1) is 11.0. The van der Waals surface area contributed by atoms with Gasteiger partial charge in [0, 0.05) is 32.7 Å². The summed E-state index contributed by atoms with van der Waals surface area (Å²) >= 11 is 0. The molecule has 0 spiro atoms. The van der Waals surface area contributed by atoms with E-state index in [9.17, 15) is 12.8 Å². The molecule has 1 saturated heterocycles. The van der Waals surface area contributed by atoms with Gasteiger partial charge in [0.15, 0.2) is 0 Å². The zero-order chi connectivity index (χ0) is 16.9. The predicted molar refractivity (Wildman–Crippen MR) is 88.1 cm³/mol. The van der Waals surface area contributed by atoms with Gasteiger partial charge in [-0.1, -0.05) is 19.9 Å². The molecule has 2 rings (SSSR count). The van der Waals surface area contributed by atoms with Gasteiger partial charge in [-0.15, -0.1) is 0 Å². The summed E-state index contributed by atoms with van der Waals surface area (Å²) in [6.07, 6.45) is 0. The highest BCUT2D eigenvalue weighted by Crippen LogP contribution is 2.21. The van der Waals surface area contributed by atoms with Crippen molar-refractivity contribution >= 4 is 15.9 Å². The number of benzene rings is 1. The summed E-state index contributed by atoms with van der Waals surface area (Å²) < 4.78 is 47.5. The van der Waals surface area contributed by atoms with Gasteiger partial charge >= 0.3 is 0 Å². The van der Waals surface area contributed by atoms with Crippen molar-refractivity contribution < 1.29 is 17.5 Å². The standard InChI is InChI=1S/C15H24FN3O3S/c1-3-19(4-2)23(20,21)17-12-13-5-6-15(14(16)11-13)18-7-9-22-10-8-18/h5-6,11,17H,3-4,7-10,12H2,1-2H3. The van der Waals surface area contributed by atoms with Crippen molar-refractivity contribution in [2.24, 2.45) is 0 Å². The van der Waals surface area contributed by atoms with Crippen molar-refractivity contribution in [1.82, 2.24) is 9.03 Å². The van der Waals surface area contributed by atoms with Crippen molar-refractivity contribution in [2.45, 2.75) is 20.4 Å². The highest BCUT2D eigenvalue weighted by Gasteiger charge is 2.19. The van der Waals surface area contributed by atoms with Crippen LogP contribution < -0.4 is 9.62 Å². The van der Waals surface area contributed by atoms with Crippen LogP contribution in [-0.4, -0.2) is 52.1 Å². The normalized spacial score (nSPS) is 16.1. The highest BCUT2D eigenvalue weighted by atomic mass is 32.2. The van der Waals surface area contributed by atoms with E-state index in [4.69, 9.17) is 4.74 Å². The molecule has 130 valence electrons. The second-order valence-electron chi connectivity index (χ2n) is 5.30. The van der Waals surface area contributed by atoms with Gasteiger partial charge in [0.25, 0.3) is 10.2 Å². The second kappa shape index (κ2) is 8.05. The molecule has 1 heterocycles. The second-order valence-corrected chi connectivity index (χ2v) is 7.05. The zero-order valence-corrected chi connectivity index (χ0v) is 14.4. The Morgan fingerprint density at radius 3 is 2.48 bits per heavy atom. The Morgan fingerprint density at radius 1 is 1.26 bits per heavy atom. The molecule has 8 heteroatoms. The van der Waals surface area contributed by atoms with Crippen molar-refractivity contribution in [2.75, 3.05) is 44.3 Å². The first-order valence-corrected chi connectivity index (χ1v) is 9.27. The fourth-order valence-electron chi connectivity index (χ4n) is 2.55. The maximum Gasteiger partial charge on any atom is 0.279 e. The summed E-state index contributed by atoms with van der Waals surface area (Å²) in [6.45, 7) is 6.91. The van der Waals surface area contributed by atoms with E-state index in [0.717, 1.165) is 0 Å². The first kappa shape index (κ1) is 18.1. The molecule has 1 aromatic carbocycles. The molecule has 1 aromatic rings. The maximum absolute atomic E-state index is 14.3. The van der Waals surface area contributed by atoms with E-state index >= 15 is 0 Å². The SMILES string of the molecule is CCN(CC)S(=O)(=O)NCc1ccc(N2CCOCC2)c(F)c1. The molecule has 0 radical (unpaired) electrons. The highest BCUT2D eigenvalue weighted by molar-refractivity contribution is 7.87. The van der Waals surface area contributed by atoms with Gasteiger partial charge < -0.3 is 9.64 Å². The Balaban J connectivity index is 2.03. The van der Waals surface area contributed by atoms with Gasteiger partial charge in [-0.25, -0.2) is 4.39 Å². The first-order valence-electron chi connectivity index (χ1n) is 7.83. The Hall–Kier alpha value is -1.22. The minimum absolute atomic E-state index is 0.0686. The number of nitrogens with one attached hydrogen (secondary N) is 1. The topological polar surface area (TPSA) is 61.9 Å². The predicted octanol–water partition coefficient (Wildman–Crippen LogP) is 1.34. The number of hydrogen-bond donors (Lipinski definition) is 1. The number of hydrogen-bond acceptors (Lipinski definition) is 4. The fraction of sp³-hybridized carbons (Fsp3) is 0.600. The van der Waals surface area contributed by atoms with Crippen LogP contribution in [0.25, 0.3) is 0 Å². The van der Waals surface area contributed by atoms with Crippen molar-refractivity contribution in [3.63, 3.8) is 0 Å². The van der Waals surface area contributed by atoms with E-state index in [0.29, 0.717) is 50.6 Å². The van der Waals surface area contributed by atoms with E-state index in [1.165, 1.54) is 10.4 Å². The number of ether oxygens (including phenoxy) is 1. The molecule has 0 aromatic heterocycles. The van der Waals surface area contributed by atoms with Crippen LogP contribution >= 0.6 is 0 Å². The number of anilines is 1. The van der Waals surface area contributed by atoms with Gasteiger partial charge in [-0.3, -0.25) is 0 Å². The summed E-state index contributed by atoms with van der Waals surface area (Å²) in [5.74, 6) is -0.341. The molecule has 0 unspecified atom stereocenters. The number of rotatable bonds is 7. The summed E-state index contributed by atoms with van der Waals surface area (Å²) in [7, 11) is -3.53. The molecule has 0 bridgehead atoms. The summed E-state index contributed by atoms with van der Waals surface area (Å²) in [6, 6.07) is 4.83. The number of nitrogens with zero attached hydrogens (tertiary/aromatic N) is 2. The minimum atomic E-state index is -3.53. The van der Waals surface area contributed by atoms with Crippen LogP contribution in [0.5, 0.6) is 0 Å².